The van der Waals surface area contributed by atoms with Gasteiger partial charge in [-0.3, -0.25) is 14.5 Å². The van der Waals surface area contributed by atoms with Crippen LogP contribution in [0.2, 0.25) is 0 Å². The van der Waals surface area contributed by atoms with Crippen molar-refractivity contribution < 1.29 is 9.59 Å². The van der Waals surface area contributed by atoms with Crippen LogP contribution in [0.5, 0.6) is 0 Å². The molecule has 1 aromatic rings. The van der Waals surface area contributed by atoms with Crippen LogP contribution in [0.3, 0.4) is 0 Å². The zero-order valence-corrected chi connectivity index (χ0v) is 12.5. The fourth-order valence-electron chi connectivity index (χ4n) is 1.70. The van der Waals surface area contributed by atoms with Crippen molar-refractivity contribution >= 4 is 12.3 Å². The Morgan fingerprint density at radius 1 is 1.21 bits per heavy atom. The van der Waals surface area contributed by atoms with Gasteiger partial charge >= 0.3 is 0 Å². The van der Waals surface area contributed by atoms with Gasteiger partial charge in [-0.2, -0.15) is 0 Å². The van der Waals surface area contributed by atoms with Gasteiger partial charge in [0.25, 0.3) is 5.91 Å². The van der Waals surface area contributed by atoms with Crippen molar-refractivity contribution in [2.24, 2.45) is 0 Å². The van der Waals surface area contributed by atoms with Crippen LogP contribution in [0.25, 0.3) is 0 Å². The van der Waals surface area contributed by atoms with Crippen molar-refractivity contribution in [2.45, 2.75) is 47.0 Å². The van der Waals surface area contributed by atoms with E-state index in [1.807, 2.05) is 39.0 Å². The van der Waals surface area contributed by atoms with Crippen LogP contribution in [0, 0.1) is 6.92 Å². The minimum atomic E-state index is -0.200. The third-order valence-corrected chi connectivity index (χ3v) is 2.77. The van der Waals surface area contributed by atoms with Crippen LogP contribution in [0.15, 0.2) is 24.3 Å². The standard InChI is InChI=1S/C14H19NO2.C2H6/c1-3-4-7-10-15(11-16)14(17)13-9-6-5-8-12(13)2;1-2/h5-6,8-9,11H,3-4,7,10H2,1-2H3;1-2H3. The minimum absolute atomic E-state index is 0.200. The normalized spacial score (nSPS) is 9.26. The van der Waals surface area contributed by atoms with Crippen molar-refractivity contribution in [3.05, 3.63) is 35.4 Å². The Labute approximate surface area is 116 Å². The van der Waals surface area contributed by atoms with E-state index < -0.39 is 0 Å². The van der Waals surface area contributed by atoms with Gasteiger partial charge in [-0.15, -0.1) is 0 Å². The summed E-state index contributed by atoms with van der Waals surface area (Å²) in [7, 11) is 0. The van der Waals surface area contributed by atoms with E-state index in [9.17, 15) is 9.59 Å². The van der Waals surface area contributed by atoms with Crippen LogP contribution >= 0.6 is 0 Å². The molecule has 0 aliphatic heterocycles. The predicted molar refractivity (Wildman–Crippen MR) is 79.2 cm³/mol. The second-order valence-electron chi connectivity index (χ2n) is 4.13. The highest BCUT2D eigenvalue weighted by Gasteiger charge is 2.15. The maximum atomic E-state index is 12.1. The second-order valence-corrected chi connectivity index (χ2v) is 4.13. The molecule has 0 bridgehead atoms. The number of rotatable bonds is 6. The Morgan fingerprint density at radius 3 is 2.37 bits per heavy atom. The topological polar surface area (TPSA) is 37.4 Å². The summed E-state index contributed by atoms with van der Waals surface area (Å²) < 4.78 is 0. The van der Waals surface area contributed by atoms with Gasteiger partial charge < -0.3 is 0 Å². The van der Waals surface area contributed by atoms with Gasteiger partial charge in [-0.05, 0) is 25.0 Å². The number of carbonyl (C=O) groups excluding carboxylic acids is 2. The highest BCUT2D eigenvalue weighted by atomic mass is 16.2. The summed E-state index contributed by atoms with van der Waals surface area (Å²) in [5.74, 6) is -0.200. The molecule has 0 spiro atoms. The molecule has 106 valence electrons. The zero-order chi connectivity index (χ0) is 14.7. The van der Waals surface area contributed by atoms with Gasteiger partial charge in [-0.1, -0.05) is 51.8 Å². The number of hydrogen-bond donors (Lipinski definition) is 0. The SMILES string of the molecule is CC.CCCCCN(C=O)C(=O)c1ccccc1C. The number of hydrogen-bond acceptors (Lipinski definition) is 2. The Kier molecular flexibility index (Phi) is 9.41. The molecular formula is C16H25NO2. The molecule has 0 aliphatic rings. The molecule has 0 aliphatic carbocycles. The highest BCUT2D eigenvalue weighted by Crippen LogP contribution is 2.10. The van der Waals surface area contributed by atoms with Crippen LogP contribution in [0.1, 0.15) is 56.0 Å². The van der Waals surface area contributed by atoms with E-state index in [-0.39, 0.29) is 5.91 Å². The first-order chi connectivity index (χ1) is 9.20. The van der Waals surface area contributed by atoms with Crippen molar-refractivity contribution in [3.63, 3.8) is 0 Å². The third kappa shape index (κ3) is 5.69. The number of aryl methyl sites for hydroxylation is 1. The van der Waals surface area contributed by atoms with Crippen LogP contribution in [-0.4, -0.2) is 23.8 Å². The van der Waals surface area contributed by atoms with E-state index in [0.29, 0.717) is 18.5 Å². The van der Waals surface area contributed by atoms with Crippen molar-refractivity contribution in [1.29, 1.82) is 0 Å². The van der Waals surface area contributed by atoms with Gasteiger partial charge in [0.05, 0.1) is 0 Å². The molecule has 0 fully saturated rings. The summed E-state index contributed by atoms with van der Waals surface area (Å²) >= 11 is 0. The average molecular weight is 263 g/mol. The molecule has 0 radical (unpaired) electrons. The zero-order valence-electron chi connectivity index (χ0n) is 12.5. The Balaban J connectivity index is 0.00000154. The molecule has 0 N–H and O–H groups in total. The summed E-state index contributed by atoms with van der Waals surface area (Å²) in [5.41, 5.74) is 1.51. The summed E-state index contributed by atoms with van der Waals surface area (Å²) in [4.78, 5) is 24.3. The number of nitrogens with zero attached hydrogens (tertiary/aromatic N) is 1. The summed E-state index contributed by atoms with van der Waals surface area (Å²) in [6.45, 7) is 8.47. The smallest absolute Gasteiger partial charge is 0.260 e. The van der Waals surface area contributed by atoms with E-state index in [4.69, 9.17) is 0 Å². The van der Waals surface area contributed by atoms with E-state index >= 15 is 0 Å². The molecule has 0 saturated carbocycles. The van der Waals surface area contributed by atoms with E-state index in [1.165, 1.54) is 4.90 Å². The number of benzene rings is 1. The van der Waals surface area contributed by atoms with Gasteiger partial charge in [-0.25, -0.2) is 0 Å². The maximum absolute atomic E-state index is 12.1. The van der Waals surface area contributed by atoms with E-state index in [1.54, 1.807) is 6.07 Å². The molecule has 1 aromatic carbocycles. The Hall–Kier alpha value is -1.64. The number of imide groups is 1. The van der Waals surface area contributed by atoms with Crippen molar-refractivity contribution in [1.82, 2.24) is 4.90 Å². The molecule has 2 amide bonds. The predicted octanol–water partition coefficient (Wildman–Crippen LogP) is 3.81. The van der Waals surface area contributed by atoms with Gasteiger partial charge in [0.15, 0.2) is 0 Å². The fourth-order valence-corrected chi connectivity index (χ4v) is 1.70. The molecule has 3 nitrogen and oxygen atoms in total. The molecule has 0 heterocycles. The molecule has 1 rings (SSSR count). The highest BCUT2D eigenvalue weighted by molar-refractivity contribution is 6.00. The Bertz CT molecular complexity index is 388. The van der Waals surface area contributed by atoms with Crippen LogP contribution in [0.4, 0.5) is 0 Å². The molecule has 0 unspecified atom stereocenters. The lowest BCUT2D eigenvalue weighted by Crippen LogP contribution is -2.31. The van der Waals surface area contributed by atoms with Crippen molar-refractivity contribution in [2.75, 3.05) is 6.54 Å². The largest absolute Gasteiger partial charge is 0.281 e. The lowest BCUT2D eigenvalue weighted by Gasteiger charge is -2.16. The molecule has 0 atom stereocenters. The fraction of sp³-hybridized carbons (Fsp3) is 0.500. The molecule has 3 heteroatoms. The molecule has 19 heavy (non-hydrogen) atoms. The van der Waals surface area contributed by atoms with E-state index in [2.05, 4.69) is 6.92 Å². The number of unbranched alkanes of at least 4 members (excludes halogenated alkanes) is 2. The lowest BCUT2D eigenvalue weighted by molar-refractivity contribution is -0.116. The third-order valence-electron chi connectivity index (χ3n) is 2.77. The molecular weight excluding hydrogens is 238 g/mol. The monoisotopic (exact) mass is 263 g/mol. The Morgan fingerprint density at radius 2 is 1.84 bits per heavy atom. The molecule has 0 saturated heterocycles. The summed E-state index contributed by atoms with van der Waals surface area (Å²) in [5, 5.41) is 0. The van der Waals surface area contributed by atoms with Crippen LogP contribution in [-0.2, 0) is 4.79 Å². The lowest BCUT2D eigenvalue weighted by atomic mass is 10.1. The van der Waals surface area contributed by atoms with Gasteiger partial charge in [0, 0.05) is 12.1 Å². The second kappa shape index (κ2) is 10.3. The number of carbonyl (C=O) groups is 2. The van der Waals surface area contributed by atoms with Gasteiger partial charge in [0.2, 0.25) is 6.41 Å². The summed E-state index contributed by atoms with van der Waals surface area (Å²) in [6, 6.07) is 7.33. The van der Waals surface area contributed by atoms with Crippen LogP contribution < -0.4 is 0 Å². The first-order valence-corrected chi connectivity index (χ1v) is 7.02. The average Bonchev–Trinajstić information content (AvgIpc) is 2.46. The maximum Gasteiger partial charge on any atom is 0.260 e. The van der Waals surface area contributed by atoms with Gasteiger partial charge in [0.1, 0.15) is 0 Å². The quantitative estimate of drug-likeness (QED) is 0.578. The summed E-state index contributed by atoms with van der Waals surface area (Å²) in [6.07, 6.45) is 3.61. The van der Waals surface area contributed by atoms with E-state index in [0.717, 1.165) is 24.8 Å². The first kappa shape index (κ1) is 17.4. The number of amides is 2. The minimum Gasteiger partial charge on any atom is -0.281 e. The first-order valence-electron chi connectivity index (χ1n) is 7.02. The molecule has 0 aromatic heterocycles. The van der Waals surface area contributed by atoms with Crippen molar-refractivity contribution in [3.8, 4) is 0 Å².